The molecule has 3 atom stereocenters. The largest absolute Gasteiger partial charge is 0.331 e. The minimum atomic E-state index is -0.592. The highest BCUT2D eigenvalue weighted by molar-refractivity contribution is 6.06. The predicted molar refractivity (Wildman–Crippen MR) is 133 cm³/mol. The molecule has 6 rings (SSSR count). The van der Waals surface area contributed by atoms with Gasteiger partial charge in [-0.25, -0.2) is 8.78 Å². The SMILES string of the molecule is O=C(C1=C(c2ccccc2)C2C(C=N1)C21CCCCC1)N1CCNCC1Cc1cc(F)cc(F)c1. The van der Waals surface area contributed by atoms with Crippen LogP contribution in [0.5, 0.6) is 0 Å². The van der Waals surface area contributed by atoms with E-state index in [2.05, 4.69) is 23.7 Å². The number of amides is 1. The third-order valence-corrected chi connectivity index (χ3v) is 8.54. The second kappa shape index (κ2) is 8.98. The van der Waals surface area contributed by atoms with Gasteiger partial charge in [-0.1, -0.05) is 49.6 Å². The van der Waals surface area contributed by atoms with Crippen molar-refractivity contribution in [3.63, 3.8) is 0 Å². The smallest absolute Gasteiger partial charge is 0.273 e. The van der Waals surface area contributed by atoms with Crippen molar-refractivity contribution in [3.05, 3.63) is 77.0 Å². The molecule has 0 aromatic heterocycles. The van der Waals surface area contributed by atoms with Crippen molar-refractivity contribution in [2.45, 2.75) is 44.6 Å². The van der Waals surface area contributed by atoms with E-state index >= 15 is 0 Å². The molecule has 1 saturated heterocycles. The zero-order valence-electron chi connectivity index (χ0n) is 19.9. The second-order valence-corrected chi connectivity index (χ2v) is 10.5. The number of hydrogen-bond donors (Lipinski definition) is 1. The lowest BCUT2D eigenvalue weighted by Crippen LogP contribution is -2.55. The summed E-state index contributed by atoms with van der Waals surface area (Å²) in [5.74, 6) is -0.487. The molecule has 4 nitrogen and oxygen atoms in total. The summed E-state index contributed by atoms with van der Waals surface area (Å²) in [5.41, 5.74) is 3.54. The lowest BCUT2D eigenvalue weighted by Gasteiger charge is -2.37. The number of nitrogens with one attached hydrogen (secondary N) is 1. The first-order valence-corrected chi connectivity index (χ1v) is 12.9. The molecule has 2 aromatic carbocycles. The van der Waals surface area contributed by atoms with Gasteiger partial charge in [0.15, 0.2) is 0 Å². The molecule has 6 heteroatoms. The molecule has 2 aromatic rings. The molecule has 2 heterocycles. The van der Waals surface area contributed by atoms with Gasteiger partial charge in [0.05, 0.1) is 0 Å². The fourth-order valence-electron chi connectivity index (χ4n) is 6.90. The van der Waals surface area contributed by atoms with E-state index < -0.39 is 11.6 Å². The predicted octanol–water partition coefficient (Wildman–Crippen LogP) is 5.00. The molecular formula is C29H31F2N3O. The molecule has 2 aliphatic carbocycles. The van der Waals surface area contributed by atoms with Crippen LogP contribution in [0.3, 0.4) is 0 Å². The number of piperazine rings is 1. The van der Waals surface area contributed by atoms with Crippen molar-refractivity contribution in [1.82, 2.24) is 10.2 Å². The van der Waals surface area contributed by atoms with Gasteiger partial charge in [0.25, 0.3) is 5.91 Å². The summed E-state index contributed by atoms with van der Waals surface area (Å²) in [6.07, 6.45) is 8.63. The van der Waals surface area contributed by atoms with Crippen LogP contribution in [0.25, 0.3) is 5.57 Å². The van der Waals surface area contributed by atoms with Crippen molar-refractivity contribution in [2.75, 3.05) is 19.6 Å². The van der Waals surface area contributed by atoms with Crippen molar-refractivity contribution in [3.8, 4) is 0 Å². The zero-order chi connectivity index (χ0) is 24.0. The van der Waals surface area contributed by atoms with Gasteiger partial charge in [0, 0.05) is 49.8 Å². The Morgan fingerprint density at radius 1 is 1.06 bits per heavy atom. The maximum Gasteiger partial charge on any atom is 0.273 e. The average Bonchev–Trinajstić information content (AvgIpc) is 3.49. The number of allylic oxidation sites excluding steroid dienone is 1. The van der Waals surface area contributed by atoms with Crippen LogP contribution in [-0.4, -0.2) is 42.7 Å². The Morgan fingerprint density at radius 2 is 1.80 bits per heavy atom. The fraction of sp³-hybridized carbons (Fsp3) is 0.448. The minimum absolute atomic E-state index is 0.0696. The number of carbonyl (C=O) groups excluding carboxylic acids is 1. The van der Waals surface area contributed by atoms with Gasteiger partial charge in [-0.2, -0.15) is 0 Å². The standard InChI is InChI=1S/C29H31F2N3O/c30-21-13-19(14-22(31)16-21)15-23-17-32-11-12-34(23)28(35)27-25(20-7-3-1-4-8-20)26-24(18-33-27)29(26)9-5-2-6-10-29/h1,3-4,7-8,13-14,16,18,23-24,26,32H,2,5-6,9-12,15,17H2. The van der Waals surface area contributed by atoms with Crippen molar-refractivity contribution in [2.24, 2.45) is 22.2 Å². The molecule has 3 unspecified atom stereocenters. The number of benzene rings is 2. The van der Waals surface area contributed by atoms with E-state index in [1.54, 1.807) is 0 Å². The number of aliphatic imine (C=N–C) groups is 1. The number of rotatable bonds is 4. The number of nitrogens with zero attached hydrogens (tertiary/aromatic N) is 2. The Balaban J connectivity index is 1.35. The van der Waals surface area contributed by atoms with E-state index in [1.165, 1.54) is 44.2 Å². The van der Waals surface area contributed by atoms with Crippen molar-refractivity contribution < 1.29 is 13.6 Å². The maximum atomic E-state index is 14.1. The number of hydrogen-bond acceptors (Lipinski definition) is 3. The van der Waals surface area contributed by atoms with Crippen LogP contribution in [0.4, 0.5) is 8.78 Å². The first kappa shape index (κ1) is 22.6. The summed E-state index contributed by atoms with van der Waals surface area (Å²) < 4.78 is 27.7. The summed E-state index contributed by atoms with van der Waals surface area (Å²) in [6, 6.07) is 13.7. The highest BCUT2D eigenvalue weighted by Gasteiger charge is 2.66. The summed E-state index contributed by atoms with van der Waals surface area (Å²) in [6.45, 7) is 1.81. The van der Waals surface area contributed by atoms with Gasteiger partial charge in [-0.15, -0.1) is 0 Å². The molecule has 4 aliphatic rings. The van der Waals surface area contributed by atoms with Gasteiger partial charge >= 0.3 is 0 Å². The van der Waals surface area contributed by atoms with Gasteiger partial charge in [0.2, 0.25) is 0 Å². The summed E-state index contributed by atoms with van der Waals surface area (Å²) >= 11 is 0. The van der Waals surface area contributed by atoms with Crippen LogP contribution in [0.1, 0.15) is 43.2 Å². The maximum absolute atomic E-state index is 14.1. The van der Waals surface area contributed by atoms with Crippen LogP contribution in [0, 0.1) is 28.9 Å². The first-order chi connectivity index (χ1) is 17.1. The zero-order valence-corrected chi connectivity index (χ0v) is 19.9. The normalized spacial score (nSPS) is 27.1. The van der Waals surface area contributed by atoms with E-state index in [9.17, 15) is 13.6 Å². The minimum Gasteiger partial charge on any atom is -0.331 e. The highest BCUT2D eigenvalue weighted by atomic mass is 19.1. The van der Waals surface area contributed by atoms with Crippen LogP contribution in [0.2, 0.25) is 0 Å². The molecular weight excluding hydrogens is 444 g/mol. The van der Waals surface area contributed by atoms with E-state index in [1.807, 2.05) is 23.1 Å². The Labute approximate surface area is 205 Å². The lowest BCUT2D eigenvalue weighted by atomic mass is 9.81. The van der Waals surface area contributed by atoms with Crippen LogP contribution in [-0.2, 0) is 11.2 Å². The summed E-state index contributed by atoms with van der Waals surface area (Å²) in [5, 5.41) is 3.34. The van der Waals surface area contributed by atoms with Gasteiger partial charge in [0.1, 0.15) is 17.3 Å². The Morgan fingerprint density at radius 3 is 2.54 bits per heavy atom. The third kappa shape index (κ3) is 4.02. The van der Waals surface area contributed by atoms with Crippen LogP contribution >= 0.6 is 0 Å². The molecule has 0 bridgehead atoms. The van der Waals surface area contributed by atoms with Crippen molar-refractivity contribution in [1.29, 1.82) is 0 Å². The Bertz CT molecular complexity index is 1170. The summed E-state index contributed by atoms with van der Waals surface area (Å²) in [4.78, 5) is 20.8. The second-order valence-electron chi connectivity index (χ2n) is 10.5. The summed E-state index contributed by atoms with van der Waals surface area (Å²) in [7, 11) is 0. The first-order valence-electron chi connectivity index (χ1n) is 12.9. The number of carbonyl (C=O) groups is 1. The molecule has 35 heavy (non-hydrogen) atoms. The molecule has 0 radical (unpaired) electrons. The fourth-order valence-corrected chi connectivity index (χ4v) is 6.90. The average molecular weight is 476 g/mol. The molecule has 2 saturated carbocycles. The lowest BCUT2D eigenvalue weighted by molar-refractivity contribution is -0.130. The van der Waals surface area contributed by atoms with Crippen LogP contribution in [0.15, 0.2) is 59.2 Å². The van der Waals surface area contributed by atoms with E-state index in [-0.39, 0.29) is 17.4 Å². The molecule has 182 valence electrons. The number of fused-ring (bicyclic) bond motifs is 3. The third-order valence-electron chi connectivity index (χ3n) is 8.54. The molecule has 1 N–H and O–H groups in total. The highest BCUT2D eigenvalue weighted by Crippen LogP contribution is 2.71. The monoisotopic (exact) mass is 475 g/mol. The van der Waals surface area contributed by atoms with E-state index in [0.717, 1.165) is 17.2 Å². The number of halogens is 2. The van der Waals surface area contributed by atoms with Gasteiger partial charge in [-0.05, 0) is 53.5 Å². The van der Waals surface area contributed by atoms with Crippen molar-refractivity contribution >= 4 is 17.7 Å². The Kier molecular flexibility index (Phi) is 5.79. The topological polar surface area (TPSA) is 44.7 Å². The Hall–Kier alpha value is -2.86. The van der Waals surface area contributed by atoms with E-state index in [0.29, 0.717) is 49.2 Å². The molecule has 1 spiro atoms. The molecule has 1 amide bonds. The van der Waals surface area contributed by atoms with E-state index in [4.69, 9.17) is 4.99 Å². The quantitative estimate of drug-likeness (QED) is 0.677. The molecule has 2 aliphatic heterocycles. The van der Waals surface area contributed by atoms with Crippen LogP contribution < -0.4 is 5.32 Å². The molecule has 3 fully saturated rings. The van der Waals surface area contributed by atoms with Gasteiger partial charge in [-0.3, -0.25) is 9.79 Å². The van der Waals surface area contributed by atoms with Gasteiger partial charge < -0.3 is 10.2 Å².